The maximum Gasteiger partial charge on any atom is 0.319 e. The number of rotatable bonds is 8. The highest BCUT2D eigenvalue weighted by molar-refractivity contribution is 8.00. The highest BCUT2D eigenvalue weighted by atomic mass is 32.2. The van der Waals surface area contributed by atoms with Crippen molar-refractivity contribution in [3.63, 3.8) is 0 Å². The van der Waals surface area contributed by atoms with Crippen LogP contribution in [-0.4, -0.2) is 37.6 Å². The van der Waals surface area contributed by atoms with Gasteiger partial charge in [0.15, 0.2) is 11.0 Å². The molecule has 0 saturated heterocycles. The second-order valence-electron chi connectivity index (χ2n) is 5.87. The van der Waals surface area contributed by atoms with Gasteiger partial charge in [0.25, 0.3) is 0 Å². The van der Waals surface area contributed by atoms with Crippen molar-refractivity contribution in [1.29, 1.82) is 0 Å². The maximum atomic E-state index is 12.4. The lowest BCUT2D eigenvalue weighted by Crippen LogP contribution is -2.20. The number of carbonyl (C=O) groups is 1. The Labute approximate surface area is 163 Å². The highest BCUT2D eigenvalue weighted by Gasteiger charge is 2.25. The highest BCUT2D eigenvalue weighted by Crippen LogP contribution is 2.31. The molecular weight excluding hydrogens is 360 g/mol. The zero-order valence-corrected chi connectivity index (χ0v) is 16.2. The average Bonchev–Trinajstić information content (AvgIpc) is 3.13. The van der Waals surface area contributed by atoms with Gasteiger partial charge in [-0.1, -0.05) is 43.3 Å². The van der Waals surface area contributed by atoms with Gasteiger partial charge in [0.05, 0.1) is 6.61 Å². The van der Waals surface area contributed by atoms with Crippen molar-refractivity contribution in [3.8, 4) is 17.1 Å². The third-order valence-electron chi connectivity index (χ3n) is 3.92. The van der Waals surface area contributed by atoms with Crippen LogP contribution in [0, 0.1) is 0 Å². The first-order valence-electron chi connectivity index (χ1n) is 8.99. The van der Waals surface area contributed by atoms with E-state index in [-0.39, 0.29) is 11.2 Å². The van der Waals surface area contributed by atoms with E-state index in [4.69, 9.17) is 4.74 Å². The molecule has 0 fully saturated rings. The monoisotopic (exact) mass is 382 g/mol. The van der Waals surface area contributed by atoms with Gasteiger partial charge in [0.1, 0.15) is 5.25 Å². The predicted molar refractivity (Wildman–Crippen MR) is 106 cm³/mol. The van der Waals surface area contributed by atoms with Crippen molar-refractivity contribution in [3.05, 3.63) is 54.9 Å². The number of ether oxygens (including phenoxy) is 1. The third-order valence-corrected chi connectivity index (χ3v) is 5.10. The summed E-state index contributed by atoms with van der Waals surface area (Å²) in [6.45, 7) is 4.24. The largest absolute Gasteiger partial charge is 0.465 e. The molecule has 6 nitrogen and oxygen atoms in total. The zero-order chi connectivity index (χ0) is 19.1. The van der Waals surface area contributed by atoms with E-state index in [1.54, 1.807) is 12.4 Å². The molecule has 3 rings (SSSR count). The Morgan fingerprint density at radius 3 is 2.63 bits per heavy atom. The number of thioether (sulfide) groups is 1. The van der Waals surface area contributed by atoms with Crippen LogP contribution >= 0.6 is 11.8 Å². The van der Waals surface area contributed by atoms with Crippen LogP contribution in [-0.2, 0) is 9.53 Å². The molecule has 0 aliphatic heterocycles. The van der Waals surface area contributed by atoms with Crippen LogP contribution < -0.4 is 0 Å². The van der Waals surface area contributed by atoms with Crippen molar-refractivity contribution in [2.75, 3.05) is 6.61 Å². The molecule has 7 heteroatoms. The van der Waals surface area contributed by atoms with E-state index in [0.717, 1.165) is 17.7 Å². The molecule has 2 aromatic heterocycles. The Balaban J connectivity index is 2.02. The number of pyridine rings is 1. The van der Waals surface area contributed by atoms with Gasteiger partial charge in [0.2, 0.25) is 0 Å². The molecule has 3 aromatic rings. The molecule has 0 amide bonds. The van der Waals surface area contributed by atoms with E-state index in [9.17, 15) is 4.79 Å². The molecule has 0 N–H and O–H groups in total. The summed E-state index contributed by atoms with van der Waals surface area (Å²) in [7, 11) is 0. The molecule has 0 unspecified atom stereocenters. The summed E-state index contributed by atoms with van der Waals surface area (Å²) in [5, 5.41) is 9.10. The topological polar surface area (TPSA) is 69.9 Å². The van der Waals surface area contributed by atoms with E-state index in [1.807, 2.05) is 54.0 Å². The normalized spacial score (nSPS) is 11.9. The number of para-hydroxylation sites is 1. The Bertz CT molecular complexity index is 868. The van der Waals surface area contributed by atoms with Crippen molar-refractivity contribution >= 4 is 17.7 Å². The number of esters is 1. The molecule has 0 aliphatic rings. The summed E-state index contributed by atoms with van der Waals surface area (Å²) in [5.74, 6) is 0.478. The fraction of sp³-hybridized carbons (Fsp3) is 0.300. The van der Waals surface area contributed by atoms with Crippen LogP contribution in [0.25, 0.3) is 17.1 Å². The van der Waals surface area contributed by atoms with Crippen LogP contribution in [0.5, 0.6) is 0 Å². The van der Waals surface area contributed by atoms with Crippen LogP contribution in [0.3, 0.4) is 0 Å². The first kappa shape index (κ1) is 19.1. The molecule has 0 spiro atoms. The number of hydrogen-bond acceptors (Lipinski definition) is 6. The van der Waals surface area contributed by atoms with E-state index >= 15 is 0 Å². The molecular formula is C20H22N4O2S. The second kappa shape index (κ2) is 9.32. The molecule has 1 aromatic carbocycles. The Morgan fingerprint density at radius 2 is 1.96 bits per heavy atom. The van der Waals surface area contributed by atoms with Crippen LogP contribution in [0.1, 0.15) is 26.7 Å². The van der Waals surface area contributed by atoms with Crippen molar-refractivity contribution in [2.24, 2.45) is 0 Å². The van der Waals surface area contributed by atoms with Gasteiger partial charge >= 0.3 is 5.97 Å². The minimum absolute atomic E-state index is 0.213. The minimum Gasteiger partial charge on any atom is -0.465 e. The lowest BCUT2D eigenvalue weighted by molar-refractivity contribution is -0.142. The lowest BCUT2D eigenvalue weighted by atomic mass is 10.2. The lowest BCUT2D eigenvalue weighted by Gasteiger charge is -2.15. The molecule has 27 heavy (non-hydrogen) atoms. The van der Waals surface area contributed by atoms with Crippen LogP contribution in [0.2, 0.25) is 0 Å². The standard InChI is InChI=1S/C20H22N4O2S/c1-3-9-17(19(25)26-4-2)27-20-23-22-18(15-10-8-13-21-14-15)24(20)16-11-6-5-7-12-16/h5-8,10-14,17H,3-4,9H2,1-2H3/t17-/m1/s1. The Hall–Kier alpha value is -2.67. The van der Waals surface area contributed by atoms with Gasteiger partial charge in [-0.2, -0.15) is 0 Å². The zero-order valence-electron chi connectivity index (χ0n) is 15.4. The van der Waals surface area contributed by atoms with Gasteiger partial charge in [-0.05, 0) is 37.6 Å². The Kier molecular flexibility index (Phi) is 6.59. The van der Waals surface area contributed by atoms with Gasteiger partial charge < -0.3 is 4.74 Å². The SMILES string of the molecule is CCC[C@@H](Sc1nnc(-c2cccnc2)n1-c1ccccc1)C(=O)OCC. The van der Waals surface area contributed by atoms with Gasteiger partial charge in [0, 0.05) is 23.6 Å². The van der Waals surface area contributed by atoms with E-state index in [1.165, 1.54) is 11.8 Å². The second-order valence-corrected chi connectivity index (χ2v) is 7.04. The molecule has 140 valence electrons. The van der Waals surface area contributed by atoms with Gasteiger partial charge in [-0.3, -0.25) is 14.3 Å². The Morgan fingerprint density at radius 1 is 1.15 bits per heavy atom. The molecule has 0 radical (unpaired) electrons. The molecule has 0 saturated carbocycles. The molecule has 1 atom stereocenters. The van der Waals surface area contributed by atoms with Crippen molar-refractivity contribution < 1.29 is 9.53 Å². The number of carbonyl (C=O) groups excluding carboxylic acids is 1. The summed E-state index contributed by atoms with van der Waals surface area (Å²) in [6, 6.07) is 13.7. The van der Waals surface area contributed by atoms with Crippen molar-refractivity contribution in [1.82, 2.24) is 19.7 Å². The fourth-order valence-electron chi connectivity index (χ4n) is 2.69. The molecule has 0 bridgehead atoms. The predicted octanol–water partition coefficient (Wildman–Crippen LogP) is 4.15. The first-order chi connectivity index (χ1) is 13.2. The van der Waals surface area contributed by atoms with E-state index in [2.05, 4.69) is 22.1 Å². The third kappa shape index (κ3) is 4.54. The number of nitrogens with zero attached hydrogens (tertiary/aromatic N) is 4. The first-order valence-corrected chi connectivity index (χ1v) is 9.87. The van der Waals surface area contributed by atoms with Crippen molar-refractivity contribution in [2.45, 2.75) is 37.1 Å². The van der Waals surface area contributed by atoms with Crippen LogP contribution in [0.15, 0.2) is 60.0 Å². The van der Waals surface area contributed by atoms with Crippen LogP contribution in [0.4, 0.5) is 0 Å². The van der Waals surface area contributed by atoms with Gasteiger partial charge in [-0.25, -0.2) is 0 Å². The van der Waals surface area contributed by atoms with E-state index < -0.39 is 0 Å². The number of hydrogen-bond donors (Lipinski definition) is 0. The quantitative estimate of drug-likeness (QED) is 0.430. The summed E-state index contributed by atoms with van der Waals surface area (Å²) in [4.78, 5) is 16.5. The summed E-state index contributed by atoms with van der Waals surface area (Å²) < 4.78 is 7.20. The number of aromatic nitrogens is 4. The molecule has 0 aliphatic carbocycles. The number of benzene rings is 1. The fourth-order valence-corrected chi connectivity index (χ4v) is 3.85. The van der Waals surface area contributed by atoms with E-state index in [0.29, 0.717) is 24.0 Å². The van der Waals surface area contributed by atoms with Gasteiger partial charge in [-0.15, -0.1) is 10.2 Å². The summed E-state index contributed by atoms with van der Waals surface area (Å²) in [5.41, 5.74) is 1.80. The minimum atomic E-state index is -0.316. The molecule has 2 heterocycles. The smallest absolute Gasteiger partial charge is 0.319 e. The summed E-state index contributed by atoms with van der Waals surface area (Å²) in [6.07, 6.45) is 5.08. The average molecular weight is 382 g/mol. The summed E-state index contributed by atoms with van der Waals surface area (Å²) >= 11 is 1.39. The maximum absolute atomic E-state index is 12.4.